The van der Waals surface area contributed by atoms with Gasteiger partial charge in [0.1, 0.15) is 6.61 Å². The third kappa shape index (κ3) is 6.35. The molecular formula is C18H14F6O4P+. The van der Waals surface area contributed by atoms with Crippen LogP contribution in [0.25, 0.3) is 0 Å². The van der Waals surface area contributed by atoms with Gasteiger partial charge in [0.15, 0.2) is 0 Å². The van der Waals surface area contributed by atoms with Gasteiger partial charge in [0.25, 0.3) is 0 Å². The second-order valence-corrected chi connectivity index (χ2v) is 6.84. The van der Waals surface area contributed by atoms with Gasteiger partial charge in [0.2, 0.25) is 0 Å². The molecule has 4 nitrogen and oxygen atoms in total. The van der Waals surface area contributed by atoms with Gasteiger partial charge in [-0.15, -0.1) is 4.52 Å². The number of alkyl halides is 6. The summed E-state index contributed by atoms with van der Waals surface area (Å²) in [4.78, 5) is 12.1. The van der Waals surface area contributed by atoms with E-state index in [1.807, 2.05) is 0 Å². The van der Waals surface area contributed by atoms with E-state index in [1.165, 1.54) is 0 Å². The molecule has 11 heteroatoms. The minimum atomic E-state index is -5.25. The smallest absolute Gasteiger partial charge is 0.374 e. The summed E-state index contributed by atoms with van der Waals surface area (Å²) in [5, 5.41) is 0. The number of halogens is 6. The van der Waals surface area contributed by atoms with E-state index in [1.54, 1.807) is 30.3 Å². The summed E-state index contributed by atoms with van der Waals surface area (Å²) >= 11 is 0. The van der Waals surface area contributed by atoms with E-state index in [9.17, 15) is 35.7 Å². The lowest BCUT2D eigenvalue weighted by Crippen LogP contribution is -2.19. The monoisotopic (exact) mass is 439 g/mol. The summed E-state index contributed by atoms with van der Waals surface area (Å²) in [6.07, 6.45) is -10.5. The summed E-state index contributed by atoms with van der Waals surface area (Å²) in [5.41, 5.74) is -6.46. The Balaban J connectivity index is 2.07. The normalized spacial score (nSPS) is 12.7. The predicted molar refractivity (Wildman–Crippen MR) is 90.4 cm³/mol. The minimum absolute atomic E-state index is 0.157. The fourth-order valence-corrected chi connectivity index (χ4v) is 3.13. The molecule has 2 rings (SSSR count). The fourth-order valence-electron chi connectivity index (χ4n) is 2.35. The first-order chi connectivity index (χ1) is 13.5. The molecule has 1 atom stereocenters. The molecule has 0 aliphatic heterocycles. The van der Waals surface area contributed by atoms with Crippen LogP contribution in [-0.4, -0.2) is 18.7 Å². The number of ether oxygens (including phenoxy) is 1. The van der Waals surface area contributed by atoms with Gasteiger partial charge in [-0.1, -0.05) is 36.4 Å². The van der Waals surface area contributed by atoms with Crippen LogP contribution in [0.1, 0.15) is 27.0 Å². The quantitative estimate of drug-likeness (QED) is 0.295. The zero-order chi connectivity index (χ0) is 21.7. The maximum absolute atomic E-state index is 13.1. The average molecular weight is 439 g/mol. The van der Waals surface area contributed by atoms with Crippen molar-refractivity contribution in [3.8, 4) is 0 Å². The molecule has 2 aromatic rings. The lowest BCUT2D eigenvalue weighted by Gasteiger charge is -2.14. The summed E-state index contributed by atoms with van der Waals surface area (Å²) in [6, 6.07) is 9.99. The van der Waals surface area contributed by atoms with Crippen LogP contribution in [0.5, 0.6) is 0 Å². The summed E-state index contributed by atoms with van der Waals surface area (Å²) in [5.74, 6) is 0. The van der Waals surface area contributed by atoms with E-state index in [0.29, 0.717) is 18.2 Å². The molecule has 0 radical (unpaired) electrons. The minimum Gasteiger partial charge on any atom is -0.374 e. The van der Waals surface area contributed by atoms with Gasteiger partial charge in [-0.2, -0.15) is 26.3 Å². The van der Waals surface area contributed by atoms with Crippen molar-refractivity contribution < 1.29 is 45.0 Å². The van der Waals surface area contributed by atoms with Gasteiger partial charge in [-0.25, -0.2) is 4.79 Å². The molecule has 0 bridgehead atoms. The third-order valence-electron chi connectivity index (χ3n) is 3.60. The van der Waals surface area contributed by atoms with Crippen molar-refractivity contribution in [2.75, 3.05) is 13.2 Å². The van der Waals surface area contributed by atoms with Gasteiger partial charge in [-0.3, -0.25) is 0 Å². The van der Waals surface area contributed by atoms with E-state index in [-0.39, 0.29) is 13.2 Å². The first kappa shape index (κ1) is 23.0. The summed E-state index contributed by atoms with van der Waals surface area (Å²) < 4.78 is 100. The maximum atomic E-state index is 13.1. The molecule has 0 amide bonds. The van der Waals surface area contributed by atoms with Crippen LogP contribution in [0.4, 0.5) is 26.3 Å². The molecule has 0 saturated carbocycles. The first-order valence-electron chi connectivity index (χ1n) is 8.05. The lowest BCUT2D eigenvalue weighted by atomic mass is 10.0. The molecule has 0 heterocycles. The van der Waals surface area contributed by atoms with Crippen molar-refractivity contribution in [3.05, 3.63) is 70.8 Å². The van der Waals surface area contributed by atoms with E-state index >= 15 is 0 Å². The number of rotatable bonds is 8. The molecular weight excluding hydrogens is 425 g/mol. The number of hydrogen-bond donors (Lipinski definition) is 0. The third-order valence-corrected chi connectivity index (χ3v) is 4.58. The van der Waals surface area contributed by atoms with Crippen LogP contribution in [0, 0.1) is 0 Å². The average Bonchev–Trinajstić information content (AvgIpc) is 2.65. The van der Waals surface area contributed by atoms with Crippen LogP contribution in [0.3, 0.4) is 0 Å². The molecule has 1 unspecified atom stereocenters. The van der Waals surface area contributed by atoms with Crippen molar-refractivity contribution in [1.82, 2.24) is 0 Å². The molecule has 0 N–H and O–H groups in total. The number of benzene rings is 2. The van der Waals surface area contributed by atoms with Crippen LogP contribution >= 0.6 is 8.03 Å². The Morgan fingerprint density at radius 2 is 1.38 bits per heavy atom. The SMILES string of the molecule is O=C(c1c(C(F)(F)F)cccc1C(F)(F)F)[P+](=O)OCCOCc1ccccc1. The van der Waals surface area contributed by atoms with E-state index in [4.69, 9.17) is 4.74 Å². The Bertz CT molecular complexity index is 833. The lowest BCUT2D eigenvalue weighted by molar-refractivity contribution is -0.143. The molecule has 0 fully saturated rings. The number of carbonyl (C=O) groups excluding carboxylic acids is 1. The molecule has 2 aromatic carbocycles. The summed E-state index contributed by atoms with van der Waals surface area (Å²) in [7, 11) is -3.48. The van der Waals surface area contributed by atoms with Crippen molar-refractivity contribution in [1.29, 1.82) is 0 Å². The van der Waals surface area contributed by atoms with Gasteiger partial charge in [0, 0.05) is 0 Å². The number of carbonyl (C=O) groups is 1. The fraction of sp³-hybridized carbons (Fsp3) is 0.278. The van der Waals surface area contributed by atoms with Crippen LogP contribution in [0.2, 0.25) is 0 Å². The highest BCUT2D eigenvalue weighted by Gasteiger charge is 2.48. The Labute approximate surface area is 162 Å². The van der Waals surface area contributed by atoms with Gasteiger partial charge < -0.3 is 4.74 Å². The highest BCUT2D eigenvalue weighted by Crippen LogP contribution is 2.43. The molecule has 0 aliphatic rings. The van der Waals surface area contributed by atoms with E-state index in [0.717, 1.165) is 5.56 Å². The van der Waals surface area contributed by atoms with Gasteiger partial charge >= 0.3 is 25.9 Å². The second-order valence-electron chi connectivity index (χ2n) is 5.66. The first-order valence-corrected chi connectivity index (χ1v) is 9.23. The van der Waals surface area contributed by atoms with Crippen molar-refractivity contribution in [2.45, 2.75) is 19.0 Å². The standard InChI is InChI=1S/C18H14F6O4P/c19-17(20,21)13-7-4-8-14(18(22,23)24)15(13)16(25)29(26)28-10-9-27-11-12-5-2-1-3-6-12/h1-8H,9-11H2/q+1. The van der Waals surface area contributed by atoms with Crippen LogP contribution < -0.4 is 0 Å². The molecule has 0 saturated heterocycles. The van der Waals surface area contributed by atoms with Crippen molar-refractivity contribution in [2.24, 2.45) is 0 Å². The predicted octanol–water partition coefficient (Wildman–Crippen LogP) is 5.84. The molecule has 29 heavy (non-hydrogen) atoms. The number of hydrogen-bond acceptors (Lipinski definition) is 4. The zero-order valence-corrected chi connectivity index (χ0v) is 15.5. The van der Waals surface area contributed by atoms with Gasteiger partial charge in [0.05, 0.1) is 29.9 Å². The highest BCUT2D eigenvalue weighted by molar-refractivity contribution is 7.60. The van der Waals surface area contributed by atoms with Crippen molar-refractivity contribution in [3.63, 3.8) is 0 Å². The zero-order valence-electron chi connectivity index (χ0n) is 14.6. The highest BCUT2D eigenvalue weighted by atomic mass is 31.1. The second kappa shape index (κ2) is 9.47. The largest absolute Gasteiger partial charge is 0.593 e. The Kier molecular flexibility index (Phi) is 7.51. The molecule has 156 valence electrons. The van der Waals surface area contributed by atoms with Gasteiger partial charge in [-0.05, 0) is 22.3 Å². The van der Waals surface area contributed by atoms with Crippen LogP contribution in [-0.2, 0) is 32.8 Å². The molecule has 0 spiro atoms. The molecule has 0 aliphatic carbocycles. The Morgan fingerprint density at radius 3 is 1.90 bits per heavy atom. The van der Waals surface area contributed by atoms with E-state index in [2.05, 4.69) is 4.52 Å². The molecule has 0 aromatic heterocycles. The Hall–Kier alpha value is -2.29. The van der Waals surface area contributed by atoms with Crippen molar-refractivity contribution >= 4 is 13.6 Å². The Morgan fingerprint density at radius 1 is 0.828 bits per heavy atom. The van der Waals surface area contributed by atoms with Crippen LogP contribution in [0.15, 0.2) is 48.5 Å². The maximum Gasteiger partial charge on any atom is 0.593 e. The topological polar surface area (TPSA) is 52.6 Å². The summed E-state index contributed by atoms with van der Waals surface area (Å²) in [6.45, 7) is -0.469. The van der Waals surface area contributed by atoms with E-state index < -0.39 is 49.2 Å².